The summed E-state index contributed by atoms with van der Waals surface area (Å²) in [5.41, 5.74) is 1.39. The molecule has 3 fully saturated rings. The molecule has 0 spiro atoms. The molecule has 6 heteroatoms. The Morgan fingerprint density at radius 3 is 2.38 bits per heavy atom. The minimum absolute atomic E-state index is 0.0900. The number of aromatic nitrogens is 3. The van der Waals surface area contributed by atoms with E-state index in [9.17, 15) is 9.59 Å². The molecule has 1 aromatic heterocycles. The summed E-state index contributed by atoms with van der Waals surface area (Å²) in [5, 5.41) is 9.30. The zero-order valence-electron chi connectivity index (χ0n) is 11.3. The molecule has 1 aromatic carbocycles. The van der Waals surface area contributed by atoms with Gasteiger partial charge >= 0.3 is 0 Å². The summed E-state index contributed by atoms with van der Waals surface area (Å²) >= 11 is 0. The van der Waals surface area contributed by atoms with Crippen molar-refractivity contribution in [1.29, 1.82) is 0 Å². The molecule has 6 nitrogen and oxygen atoms in total. The molecule has 4 atom stereocenters. The predicted molar refractivity (Wildman–Crippen MR) is 73.6 cm³/mol. The highest BCUT2D eigenvalue weighted by atomic mass is 16.2. The predicted octanol–water partition coefficient (Wildman–Crippen LogP) is 1.10. The van der Waals surface area contributed by atoms with Crippen molar-refractivity contribution in [2.45, 2.75) is 19.3 Å². The van der Waals surface area contributed by atoms with Crippen molar-refractivity contribution in [2.24, 2.45) is 23.7 Å². The number of hydrogen-bond donors (Lipinski definition) is 0. The molecule has 2 aromatic rings. The van der Waals surface area contributed by atoms with Gasteiger partial charge in [-0.05, 0) is 48.4 Å². The van der Waals surface area contributed by atoms with Crippen molar-refractivity contribution in [3.05, 3.63) is 24.3 Å². The van der Waals surface area contributed by atoms with Gasteiger partial charge in [0.1, 0.15) is 11.0 Å². The van der Waals surface area contributed by atoms with E-state index in [1.807, 2.05) is 24.3 Å². The third kappa shape index (κ3) is 1.28. The van der Waals surface area contributed by atoms with E-state index in [1.165, 1.54) is 9.80 Å². The summed E-state index contributed by atoms with van der Waals surface area (Å²) in [6, 6.07) is 7.38. The minimum atomic E-state index is -0.126. The number of carbonyl (C=O) groups excluding carboxylic acids is 2. The first-order chi connectivity index (χ1) is 10.3. The van der Waals surface area contributed by atoms with Crippen LogP contribution in [0.4, 0.5) is 0 Å². The number of hydrogen-bond acceptors (Lipinski definition) is 4. The molecule has 2 heterocycles. The van der Waals surface area contributed by atoms with Crippen LogP contribution in [0, 0.1) is 23.7 Å². The molecule has 1 aliphatic heterocycles. The molecule has 1 saturated heterocycles. The third-order valence-electron chi connectivity index (χ3n) is 5.43. The molecule has 2 unspecified atom stereocenters. The number of benzene rings is 1. The summed E-state index contributed by atoms with van der Waals surface area (Å²) in [4.78, 5) is 26.9. The Morgan fingerprint density at radius 2 is 1.67 bits per heavy atom. The standard InChI is InChI=1S/C15H14N4O2/c20-14-12-8-5-6-9(7-8)13(12)15(21)18(14)19-11-4-2-1-3-10(11)16-17-19/h1-4,8-9,12-13H,5-7H2/t8?,9?,12-,13+. The Morgan fingerprint density at radius 1 is 1.00 bits per heavy atom. The molecule has 106 valence electrons. The molecule has 3 aliphatic rings. The van der Waals surface area contributed by atoms with Gasteiger partial charge in [-0.1, -0.05) is 12.1 Å². The SMILES string of the molecule is O=C1[C@@H]2C3CCC(C3)[C@@H]2C(=O)N1n1nnc2ccccc21. The van der Waals surface area contributed by atoms with Crippen LogP contribution in [-0.2, 0) is 9.59 Å². The topological polar surface area (TPSA) is 68.1 Å². The van der Waals surface area contributed by atoms with E-state index in [0.29, 0.717) is 22.9 Å². The summed E-state index contributed by atoms with van der Waals surface area (Å²) in [6.07, 6.45) is 3.20. The van der Waals surface area contributed by atoms with Crippen LogP contribution in [0.5, 0.6) is 0 Å². The van der Waals surface area contributed by atoms with Crippen LogP contribution in [0.2, 0.25) is 0 Å². The molecule has 21 heavy (non-hydrogen) atoms. The zero-order valence-corrected chi connectivity index (χ0v) is 11.3. The van der Waals surface area contributed by atoms with Crippen molar-refractivity contribution in [1.82, 2.24) is 15.1 Å². The third-order valence-corrected chi connectivity index (χ3v) is 5.43. The zero-order chi connectivity index (χ0) is 14.1. The van der Waals surface area contributed by atoms with Gasteiger partial charge < -0.3 is 0 Å². The molecule has 2 bridgehead atoms. The summed E-state index contributed by atoms with van der Waals surface area (Å²) in [6.45, 7) is 0. The van der Waals surface area contributed by atoms with E-state index in [2.05, 4.69) is 10.3 Å². The Balaban J connectivity index is 1.64. The highest BCUT2D eigenvalue weighted by Gasteiger charge is 2.61. The van der Waals surface area contributed by atoms with E-state index < -0.39 is 0 Å². The number of para-hydroxylation sites is 1. The monoisotopic (exact) mass is 282 g/mol. The number of amides is 2. The summed E-state index contributed by atoms with van der Waals surface area (Å²) in [5.74, 6) is 0.339. The van der Waals surface area contributed by atoms with Crippen LogP contribution >= 0.6 is 0 Å². The molecular formula is C15H14N4O2. The fourth-order valence-corrected chi connectivity index (χ4v) is 4.58. The van der Waals surface area contributed by atoms with Crippen LogP contribution in [-0.4, -0.2) is 26.9 Å². The smallest absolute Gasteiger partial charge is 0.254 e. The average molecular weight is 282 g/mol. The van der Waals surface area contributed by atoms with Gasteiger partial charge in [0.05, 0.1) is 11.8 Å². The van der Waals surface area contributed by atoms with Crippen LogP contribution in [0.15, 0.2) is 24.3 Å². The van der Waals surface area contributed by atoms with Crippen molar-refractivity contribution in [3.8, 4) is 0 Å². The van der Waals surface area contributed by atoms with Crippen molar-refractivity contribution >= 4 is 22.8 Å². The van der Waals surface area contributed by atoms with Gasteiger partial charge in [0.15, 0.2) is 0 Å². The van der Waals surface area contributed by atoms with E-state index in [1.54, 1.807) is 0 Å². The fourth-order valence-electron chi connectivity index (χ4n) is 4.58. The lowest BCUT2D eigenvalue weighted by Crippen LogP contribution is -2.42. The van der Waals surface area contributed by atoms with Crippen LogP contribution in [0.1, 0.15) is 19.3 Å². The number of imide groups is 1. The highest BCUT2D eigenvalue weighted by molar-refractivity contribution is 6.17. The van der Waals surface area contributed by atoms with Gasteiger partial charge in [-0.2, -0.15) is 5.01 Å². The van der Waals surface area contributed by atoms with Crippen LogP contribution in [0.3, 0.4) is 0 Å². The molecular weight excluding hydrogens is 268 g/mol. The fraction of sp³-hybridized carbons (Fsp3) is 0.467. The molecule has 0 N–H and O–H groups in total. The van der Waals surface area contributed by atoms with E-state index in [4.69, 9.17) is 0 Å². The molecule has 5 rings (SSSR count). The average Bonchev–Trinajstić information content (AvgIpc) is 3.23. The Kier molecular flexibility index (Phi) is 2.01. The molecule has 2 amide bonds. The first-order valence-corrected chi connectivity index (χ1v) is 7.44. The molecule has 2 aliphatic carbocycles. The summed E-state index contributed by atoms with van der Waals surface area (Å²) < 4.78 is 0. The van der Waals surface area contributed by atoms with Crippen molar-refractivity contribution < 1.29 is 9.59 Å². The maximum atomic E-state index is 12.7. The quantitative estimate of drug-likeness (QED) is 0.734. The van der Waals surface area contributed by atoms with Gasteiger partial charge in [-0.15, -0.1) is 9.89 Å². The number of nitrogens with zero attached hydrogens (tertiary/aromatic N) is 4. The van der Waals surface area contributed by atoms with Crippen LogP contribution < -0.4 is 5.01 Å². The maximum absolute atomic E-state index is 12.7. The highest BCUT2D eigenvalue weighted by Crippen LogP contribution is 2.55. The lowest BCUT2D eigenvalue weighted by atomic mass is 9.81. The lowest BCUT2D eigenvalue weighted by Gasteiger charge is -2.18. The van der Waals surface area contributed by atoms with E-state index in [0.717, 1.165) is 19.3 Å². The minimum Gasteiger partial charge on any atom is -0.272 e. The second-order valence-electron chi connectivity index (χ2n) is 6.34. The number of rotatable bonds is 1. The molecule has 2 saturated carbocycles. The van der Waals surface area contributed by atoms with E-state index in [-0.39, 0.29) is 23.7 Å². The normalized spacial score (nSPS) is 34.2. The van der Waals surface area contributed by atoms with Gasteiger partial charge in [0.25, 0.3) is 11.8 Å². The van der Waals surface area contributed by atoms with Crippen molar-refractivity contribution in [2.75, 3.05) is 5.01 Å². The van der Waals surface area contributed by atoms with Crippen molar-refractivity contribution in [3.63, 3.8) is 0 Å². The second-order valence-corrected chi connectivity index (χ2v) is 6.34. The largest absolute Gasteiger partial charge is 0.272 e. The van der Waals surface area contributed by atoms with E-state index >= 15 is 0 Å². The summed E-state index contributed by atoms with van der Waals surface area (Å²) in [7, 11) is 0. The van der Waals surface area contributed by atoms with Gasteiger partial charge in [0, 0.05) is 0 Å². The lowest BCUT2D eigenvalue weighted by molar-refractivity contribution is -0.125. The number of carbonyl (C=O) groups is 2. The van der Waals surface area contributed by atoms with Gasteiger partial charge in [-0.3, -0.25) is 9.59 Å². The van der Waals surface area contributed by atoms with Gasteiger partial charge in [-0.25, -0.2) is 0 Å². The van der Waals surface area contributed by atoms with Gasteiger partial charge in [0.2, 0.25) is 0 Å². The molecule has 0 radical (unpaired) electrons. The first kappa shape index (κ1) is 11.4. The Labute approximate surface area is 120 Å². The maximum Gasteiger partial charge on any atom is 0.254 e. The second kappa shape index (κ2) is 3.69. The van der Waals surface area contributed by atoms with Crippen LogP contribution in [0.25, 0.3) is 11.0 Å². The Bertz CT molecular complexity index is 755. The first-order valence-electron chi connectivity index (χ1n) is 7.44. The Hall–Kier alpha value is -2.24. The number of fused-ring (bicyclic) bond motifs is 6.